The van der Waals surface area contributed by atoms with Gasteiger partial charge in [0, 0.05) is 37.5 Å². The first-order valence-electron chi connectivity index (χ1n) is 8.32. The number of rotatable bonds is 8. The molecule has 0 heterocycles. The van der Waals surface area contributed by atoms with E-state index in [1.165, 1.54) is 6.92 Å². The van der Waals surface area contributed by atoms with E-state index < -0.39 is 11.9 Å². The van der Waals surface area contributed by atoms with Crippen LogP contribution >= 0.6 is 0 Å². The Morgan fingerprint density at radius 3 is 2.15 bits per heavy atom. The average molecular weight is 376 g/mol. The van der Waals surface area contributed by atoms with Crippen molar-refractivity contribution < 1.29 is 49.0 Å². The minimum absolute atomic E-state index is 0. The molecule has 2 aromatic carbocycles. The number of carbonyl (C=O) groups is 3. The molecule has 0 bridgehead atoms. The van der Waals surface area contributed by atoms with Gasteiger partial charge in [-0.1, -0.05) is 42.5 Å². The van der Waals surface area contributed by atoms with Crippen LogP contribution in [-0.2, 0) is 27.3 Å². The van der Waals surface area contributed by atoms with Gasteiger partial charge in [0.15, 0.2) is 0 Å². The Morgan fingerprint density at radius 2 is 1.59 bits per heavy atom. The van der Waals surface area contributed by atoms with E-state index in [1.54, 1.807) is 24.3 Å². The van der Waals surface area contributed by atoms with Crippen LogP contribution in [0.1, 0.15) is 24.5 Å². The quantitative estimate of drug-likeness (QED) is 0.535. The van der Waals surface area contributed by atoms with E-state index >= 15 is 0 Å². The predicted molar refractivity (Wildman–Crippen MR) is 95.9 cm³/mol. The number of hydrogen-bond donors (Lipinski definition) is 2. The second-order valence-electron chi connectivity index (χ2n) is 6.06. The van der Waals surface area contributed by atoms with Crippen molar-refractivity contribution in [2.45, 2.75) is 26.3 Å². The van der Waals surface area contributed by atoms with E-state index in [0.717, 1.165) is 11.1 Å². The smallest absolute Gasteiger partial charge is 0.550 e. The van der Waals surface area contributed by atoms with E-state index in [1.807, 2.05) is 30.3 Å². The molecule has 2 N–H and O–H groups in total. The van der Waals surface area contributed by atoms with Crippen LogP contribution in [0.3, 0.4) is 0 Å². The second-order valence-corrected chi connectivity index (χ2v) is 6.06. The molecule has 0 spiro atoms. The molecule has 1 unspecified atom stereocenters. The summed E-state index contributed by atoms with van der Waals surface area (Å²) in [4.78, 5) is 34.4. The monoisotopic (exact) mass is 376 g/mol. The molecule has 1 atom stereocenters. The number of benzene rings is 2. The Labute approximate surface area is 180 Å². The zero-order chi connectivity index (χ0) is 18.9. The van der Waals surface area contributed by atoms with Gasteiger partial charge in [0.1, 0.15) is 0 Å². The minimum atomic E-state index is -1.24. The molecule has 6 nitrogen and oxygen atoms in total. The van der Waals surface area contributed by atoms with Crippen molar-refractivity contribution in [3.8, 4) is 0 Å². The number of carboxylic acid groups (broad SMARTS) is 1. The van der Waals surface area contributed by atoms with Crippen molar-refractivity contribution in [1.29, 1.82) is 0 Å². The number of hydrogen-bond acceptors (Lipinski definition) is 4. The van der Waals surface area contributed by atoms with Gasteiger partial charge in [-0.25, -0.2) is 0 Å². The van der Waals surface area contributed by atoms with Crippen LogP contribution in [0.2, 0.25) is 0 Å². The van der Waals surface area contributed by atoms with Crippen molar-refractivity contribution >= 4 is 23.5 Å². The molecule has 0 radical (unpaired) electrons. The number of nitrogens with one attached hydrogen (secondary N) is 2. The molecule has 2 amide bonds. The Balaban J connectivity index is 0.00000364. The van der Waals surface area contributed by atoms with Crippen LogP contribution in [0, 0.1) is 5.92 Å². The molecular weight excluding hydrogens is 355 g/mol. The molecule has 0 aliphatic heterocycles. The van der Waals surface area contributed by atoms with Crippen LogP contribution in [-0.4, -0.2) is 17.8 Å². The number of amides is 2. The normalized spacial score (nSPS) is 11.0. The molecule has 2 aromatic rings. The minimum Gasteiger partial charge on any atom is -0.550 e. The zero-order valence-corrected chi connectivity index (χ0v) is 17.5. The molecule has 0 aliphatic carbocycles. The molecule has 0 aliphatic rings. The van der Waals surface area contributed by atoms with Crippen molar-refractivity contribution in [2.24, 2.45) is 5.92 Å². The third-order valence-electron chi connectivity index (χ3n) is 3.87. The number of carbonyl (C=O) groups excluding carboxylic acids is 3. The SMILES string of the molecule is CC(=O)NCc1ccc(NC(=O)CC(Cc2ccccc2)C(=O)[O-])cc1.[Na+]. The number of aliphatic carboxylic acids is 1. The number of carboxylic acids is 1. The maximum Gasteiger partial charge on any atom is 1.00 e. The van der Waals surface area contributed by atoms with Gasteiger partial charge in [-0.2, -0.15) is 0 Å². The molecule has 27 heavy (non-hydrogen) atoms. The van der Waals surface area contributed by atoms with Gasteiger partial charge in [-0.05, 0) is 29.7 Å². The first-order chi connectivity index (χ1) is 12.4. The summed E-state index contributed by atoms with van der Waals surface area (Å²) in [6, 6.07) is 16.1. The summed E-state index contributed by atoms with van der Waals surface area (Å²) in [6.07, 6.45) is 0.0805. The molecule has 0 saturated carbocycles. The van der Waals surface area contributed by atoms with E-state index in [9.17, 15) is 19.5 Å². The Kier molecular flexibility index (Phi) is 9.78. The summed E-state index contributed by atoms with van der Waals surface area (Å²) in [5.74, 6) is -2.63. The Hall–Kier alpha value is -2.15. The first kappa shape index (κ1) is 22.9. The number of anilines is 1. The van der Waals surface area contributed by atoms with Gasteiger partial charge in [0.25, 0.3) is 0 Å². The van der Waals surface area contributed by atoms with E-state index in [2.05, 4.69) is 10.6 Å². The van der Waals surface area contributed by atoms with Crippen LogP contribution in [0.4, 0.5) is 5.69 Å². The van der Waals surface area contributed by atoms with Crippen molar-refractivity contribution in [3.63, 3.8) is 0 Å². The van der Waals surface area contributed by atoms with Gasteiger partial charge >= 0.3 is 29.6 Å². The summed E-state index contributed by atoms with van der Waals surface area (Å²) in [5, 5.41) is 16.7. The summed E-state index contributed by atoms with van der Waals surface area (Å²) in [5.41, 5.74) is 2.31. The van der Waals surface area contributed by atoms with Crippen molar-refractivity contribution in [2.75, 3.05) is 5.32 Å². The first-order valence-corrected chi connectivity index (χ1v) is 8.32. The summed E-state index contributed by atoms with van der Waals surface area (Å²) < 4.78 is 0. The van der Waals surface area contributed by atoms with Gasteiger partial charge < -0.3 is 20.5 Å². The maximum absolute atomic E-state index is 12.2. The third kappa shape index (κ3) is 8.39. The largest absolute Gasteiger partial charge is 1.00 e. The van der Waals surface area contributed by atoms with Gasteiger partial charge in [0.2, 0.25) is 11.8 Å². The van der Waals surface area contributed by atoms with E-state index in [4.69, 9.17) is 0 Å². The summed E-state index contributed by atoms with van der Waals surface area (Å²) >= 11 is 0. The second kappa shape index (κ2) is 11.5. The zero-order valence-electron chi connectivity index (χ0n) is 15.5. The fraction of sp³-hybridized carbons (Fsp3) is 0.250. The fourth-order valence-electron chi connectivity index (χ4n) is 2.51. The maximum atomic E-state index is 12.2. The molecule has 0 aromatic heterocycles. The van der Waals surface area contributed by atoms with Crippen LogP contribution < -0.4 is 45.3 Å². The summed E-state index contributed by atoms with van der Waals surface area (Å²) in [7, 11) is 0. The van der Waals surface area contributed by atoms with Gasteiger partial charge in [-0.15, -0.1) is 0 Å². The van der Waals surface area contributed by atoms with E-state index in [0.29, 0.717) is 12.2 Å². The Morgan fingerprint density at radius 1 is 0.963 bits per heavy atom. The molecule has 0 fully saturated rings. The van der Waals surface area contributed by atoms with Crippen LogP contribution in [0.5, 0.6) is 0 Å². The molecule has 0 saturated heterocycles. The summed E-state index contributed by atoms with van der Waals surface area (Å²) in [6.45, 7) is 1.85. The predicted octanol–water partition coefficient (Wildman–Crippen LogP) is -1.74. The van der Waals surface area contributed by atoms with Crippen LogP contribution in [0.25, 0.3) is 0 Å². The molecular formula is C20H21N2NaO4. The van der Waals surface area contributed by atoms with Crippen molar-refractivity contribution in [3.05, 3.63) is 65.7 Å². The topological polar surface area (TPSA) is 98.3 Å². The third-order valence-corrected chi connectivity index (χ3v) is 3.87. The van der Waals surface area contributed by atoms with E-state index in [-0.39, 0.29) is 54.2 Å². The van der Waals surface area contributed by atoms with Crippen LogP contribution in [0.15, 0.2) is 54.6 Å². The Bertz CT molecular complexity index is 763. The molecule has 2 rings (SSSR count). The molecule has 7 heteroatoms. The van der Waals surface area contributed by atoms with Gasteiger partial charge in [-0.3, -0.25) is 9.59 Å². The fourth-order valence-corrected chi connectivity index (χ4v) is 2.51. The van der Waals surface area contributed by atoms with Gasteiger partial charge in [0.05, 0.1) is 0 Å². The molecule has 136 valence electrons. The average Bonchev–Trinajstić information content (AvgIpc) is 2.61. The standard InChI is InChI=1S/C20H22N2O4.Na/c1-14(23)21-13-16-7-9-18(10-8-16)22-19(24)12-17(20(25)26)11-15-5-3-2-4-6-15;/h2-10,17H,11-13H2,1H3,(H,21,23)(H,22,24)(H,25,26);/q;+1/p-1. The van der Waals surface area contributed by atoms with Crippen molar-refractivity contribution in [1.82, 2.24) is 5.32 Å².